The lowest BCUT2D eigenvalue weighted by Crippen LogP contribution is -2.31. The van der Waals surface area contributed by atoms with Crippen molar-refractivity contribution in [3.8, 4) is 0 Å². The Labute approximate surface area is 85.8 Å². The molecular formula is C12H19NO. The van der Waals surface area contributed by atoms with E-state index in [1.165, 1.54) is 12.8 Å². The lowest BCUT2D eigenvalue weighted by Gasteiger charge is -2.12. The van der Waals surface area contributed by atoms with Gasteiger partial charge in [-0.05, 0) is 38.0 Å². The molecule has 0 unspecified atom stereocenters. The summed E-state index contributed by atoms with van der Waals surface area (Å²) in [5, 5.41) is 3.05. The van der Waals surface area contributed by atoms with E-state index < -0.39 is 0 Å². The third kappa shape index (κ3) is 2.17. The van der Waals surface area contributed by atoms with Crippen LogP contribution in [-0.4, -0.2) is 12.5 Å². The zero-order valence-electron chi connectivity index (χ0n) is 8.88. The van der Waals surface area contributed by atoms with Crippen molar-refractivity contribution in [3.63, 3.8) is 0 Å². The van der Waals surface area contributed by atoms with Crippen LogP contribution in [-0.2, 0) is 4.79 Å². The van der Waals surface area contributed by atoms with E-state index in [2.05, 4.69) is 24.4 Å². The number of allylic oxidation sites excluding steroid dienone is 2. The van der Waals surface area contributed by atoms with Crippen LogP contribution < -0.4 is 5.32 Å². The first kappa shape index (κ1) is 9.75. The molecule has 2 nitrogen and oxygen atoms in total. The van der Waals surface area contributed by atoms with Crippen molar-refractivity contribution >= 4 is 5.91 Å². The quantitative estimate of drug-likeness (QED) is 0.682. The molecule has 1 fully saturated rings. The van der Waals surface area contributed by atoms with Gasteiger partial charge in [-0.15, -0.1) is 0 Å². The SMILES string of the molecule is CC1(C(=O)NCCC2CC=CC2)CC1. The first-order valence-electron chi connectivity index (χ1n) is 5.64. The topological polar surface area (TPSA) is 29.1 Å². The molecule has 1 N–H and O–H groups in total. The van der Waals surface area contributed by atoms with Crippen LogP contribution >= 0.6 is 0 Å². The van der Waals surface area contributed by atoms with Crippen LogP contribution in [0.15, 0.2) is 12.2 Å². The fourth-order valence-electron chi connectivity index (χ4n) is 1.93. The molecular weight excluding hydrogens is 174 g/mol. The molecule has 2 heteroatoms. The molecule has 0 spiro atoms. The molecule has 0 aliphatic heterocycles. The van der Waals surface area contributed by atoms with Gasteiger partial charge in [0.25, 0.3) is 0 Å². The van der Waals surface area contributed by atoms with E-state index in [-0.39, 0.29) is 11.3 Å². The van der Waals surface area contributed by atoms with Crippen LogP contribution in [0.4, 0.5) is 0 Å². The van der Waals surface area contributed by atoms with Crippen molar-refractivity contribution in [1.29, 1.82) is 0 Å². The summed E-state index contributed by atoms with van der Waals surface area (Å²) in [7, 11) is 0. The average molecular weight is 193 g/mol. The van der Waals surface area contributed by atoms with Crippen LogP contribution in [0.3, 0.4) is 0 Å². The summed E-state index contributed by atoms with van der Waals surface area (Å²) in [4.78, 5) is 11.6. The molecule has 1 saturated carbocycles. The highest BCUT2D eigenvalue weighted by atomic mass is 16.2. The Hall–Kier alpha value is -0.790. The minimum atomic E-state index is -0.00603. The Morgan fingerprint density at radius 1 is 1.43 bits per heavy atom. The first-order valence-corrected chi connectivity index (χ1v) is 5.64. The number of nitrogens with one attached hydrogen (secondary N) is 1. The Balaban J connectivity index is 1.60. The number of amides is 1. The molecule has 0 bridgehead atoms. The lowest BCUT2D eigenvalue weighted by molar-refractivity contribution is -0.125. The molecule has 0 saturated heterocycles. The van der Waals surface area contributed by atoms with E-state index in [1.807, 2.05) is 0 Å². The van der Waals surface area contributed by atoms with Crippen molar-refractivity contribution in [2.45, 2.75) is 39.0 Å². The normalized spacial score (nSPS) is 23.8. The van der Waals surface area contributed by atoms with Crippen LogP contribution in [0.1, 0.15) is 39.0 Å². The molecule has 14 heavy (non-hydrogen) atoms. The Morgan fingerprint density at radius 3 is 2.64 bits per heavy atom. The largest absolute Gasteiger partial charge is 0.356 e. The Kier molecular flexibility index (Phi) is 2.62. The summed E-state index contributed by atoms with van der Waals surface area (Å²) in [5.74, 6) is 1.05. The van der Waals surface area contributed by atoms with Gasteiger partial charge < -0.3 is 5.32 Å². The molecule has 78 valence electrons. The van der Waals surface area contributed by atoms with Gasteiger partial charge in [0.1, 0.15) is 0 Å². The summed E-state index contributed by atoms with van der Waals surface area (Å²) >= 11 is 0. The minimum Gasteiger partial charge on any atom is -0.356 e. The summed E-state index contributed by atoms with van der Waals surface area (Å²) in [6.45, 7) is 2.92. The van der Waals surface area contributed by atoms with Gasteiger partial charge in [-0.25, -0.2) is 0 Å². The maximum absolute atomic E-state index is 11.6. The van der Waals surface area contributed by atoms with Crippen molar-refractivity contribution in [2.75, 3.05) is 6.54 Å². The van der Waals surface area contributed by atoms with Crippen LogP contribution in [0.25, 0.3) is 0 Å². The van der Waals surface area contributed by atoms with Crippen molar-refractivity contribution < 1.29 is 4.79 Å². The molecule has 0 aromatic heterocycles. The molecule has 0 radical (unpaired) electrons. The second-order valence-corrected chi connectivity index (χ2v) is 4.91. The molecule has 2 rings (SSSR count). The average Bonchev–Trinajstić information content (AvgIpc) is 2.73. The first-order chi connectivity index (χ1) is 6.71. The van der Waals surface area contributed by atoms with Gasteiger partial charge in [-0.2, -0.15) is 0 Å². The van der Waals surface area contributed by atoms with Crippen LogP contribution in [0.2, 0.25) is 0 Å². The molecule has 2 aliphatic rings. The molecule has 0 aromatic carbocycles. The van der Waals surface area contributed by atoms with Crippen LogP contribution in [0, 0.1) is 11.3 Å². The zero-order valence-corrected chi connectivity index (χ0v) is 8.88. The third-order valence-electron chi connectivity index (χ3n) is 3.49. The maximum Gasteiger partial charge on any atom is 0.225 e. The van der Waals surface area contributed by atoms with Crippen molar-refractivity contribution in [1.82, 2.24) is 5.32 Å². The Morgan fingerprint density at radius 2 is 2.07 bits per heavy atom. The summed E-state index contributed by atoms with van der Waals surface area (Å²) in [6.07, 6.45) is 10.2. The van der Waals surface area contributed by atoms with Gasteiger partial charge >= 0.3 is 0 Å². The molecule has 2 aliphatic carbocycles. The van der Waals surface area contributed by atoms with Gasteiger partial charge in [0.05, 0.1) is 0 Å². The molecule has 0 heterocycles. The standard InChI is InChI=1S/C12H19NO/c1-12(7-8-12)11(14)13-9-6-10-4-2-3-5-10/h2-3,10H,4-9H2,1H3,(H,13,14). The second-order valence-electron chi connectivity index (χ2n) is 4.91. The van der Waals surface area contributed by atoms with Crippen LogP contribution in [0.5, 0.6) is 0 Å². The highest BCUT2D eigenvalue weighted by molar-refractivity contribution is 5.84. The molecule has 0 atom stereocenters. The fourth-order valence-corrected chi connectivity index (χ4v) is 1.93. The smallest absolute Gasteiger partial charge is 0.225 e. The van der Waals surface area contributed by atoms with E-state index in [9.17, 15) is 4.79 Å². The molecule has 1 amide bonds. The predicted molar refractivity (Wildman–Crippen MR) is 56.8 cm³/mol. The monoisotopic (exact) mass is 193 g/mol. The number of carbonyl (C=O) groups excluding carboxylic acids is 1. The van der Waals surface area contributed by atoms with E-state index in [1.54, 1.807) is 0 Å². The van der Waals surface area contributed by atoms with E-state index in [4.69, 9.17) is 0 Å². The van der Waals surface area contributed by atoms with E-state index in [0.717, 1.165) is 31.7 Å². The number of hydrogen-bond donors (Lipinski definition) is 1. The maximum atomic E-state index is 11.6. The third-order valence-corrected chi connectivity index (χ3v) is 3.49. The fraction of sp³-hybridized carbons (Fsp3) is 0.750. The van der Waals surface area contributed by atoms with E-state index in [0.29, 0.717) is 0 Å². The van der Waals surface area contributed by atoms with Gasteiger partial charge in [0, 0.05) is 12.0 Å². The highest BCUT2D eigenvalue weighted by Crippen LogP contribution is 2.44. The van der Waals surface area contributed by atoms with Gasteiger partial charge in [0.2, 0.25) is 5.91 Å². The number of carbonyl (C=O) groups is 1. The number of hydrogen-bond acceptors (Lipinski definition) is 1. The van der Waals surface area contributed by atoms with Gasteiger partial charge in [-0.1, -0.05) is 19.1 Å². The number of rotatable bonds is 4. The summed E-state index contributed by atoms with van der Waals surface area (Å²) in [6, 6.07) is 0. The zero-order chi connectivity index (χ0) is 10.0. The summed E-state index contributed by atoms with van der Waals surface area (Å²) < 4.78 is 0. The highest BCUT2D eigenvalue weighted by Gasteiger charge is 2.44. The van der Waals surface area contributed by atoms with Crippen molar-refractivity contribution in [3.05, 3.63) is 12.2 Å². The second kappa shape index (κ2) is 3.76. The van der Waals surface area contributed by atoms with Crippen molar-refractivity contribution in [2.24, 2.45) is 11.3 Å². The minimum absolute atomic E-state index is 0.00603. The molecule has 0 aromatic rings. The predicted octanol–water partition coefficient (Wildman–Crippen LogP) is 2.26. The lowest BCUT2D eigenvalue weighted by atomic mass is 10.0. The summed E-state index contributed by atoms with van der Waals surface area (Å²) in [5.41, 5.74) is -0.00603. The van der Waals surface area contributed by atoms with E-state index >= 15 is 0 Å². The Bertz CT molecular complexity index is 245. The van der Waals surface area contributed by atoms with Gasteiger partial charge in [-0.3, -0.25) is 4.79 Å². The van der Waals surface area contributed by atoms with Gasteiger partial charge in [0.15, 0.2) is 0 Å².